The van der Waals surface area contributed by atoms with Crippen molar-refractivity contribution < 1.29 is 0 Å². The van der Waals surface area contributed by atoms with Gasteiger partial charge in [0.15, 0.2) is 0 Å². The van der Waals surface area contributed by atoms with E-state index in [0.29, 0.717) is 0 Å². The lowest BCUT2D eigenvalue weighted by molar-refractivity contribution is 1.48. The third-order valence-electron chi connectivity index (χ3n) is 1.10. The number of hydrogen-bond donors (Lipinski definition) is 0. The highest BCUT2D eigenvalue weighted by molar-refractivity contribution is 5.18. The van der Waals surface area contributed by atoms with Gasteiger partial charge < -0.3 is 0 Å². The lowest BCUT2D eigenvalue weighted by Gasteiger charge is -1.81. The van der Waals surface area contributed by atoms with Crippen LogP contribution in [0.4, 0.5) is 0 Å². The smallest absolute Gasteiger partial charge is 0.0174 e. The van der Waals surface area contributed by atoms with E-state index in [0.717, 1.165) is 5.57 Å². The van der Waals surface area contributed by atoms with Gasteiger partial charge in [-0.1, -0.05) is 18.2 Å². The Labute approximate surface area is 63.3 Å². The molecule has 0 aliphatic carbocycles. The van der Waals surface area contributed by atoms with Crippen LogP contribution >= 0.6 is 0 Å². The predicted octanol–water partition coefficient (Wildman–Crippen LogP) is 3.24. The zero-order chi connectivity index (χ0) is 7.98. The lowest BCUT2D eigenvalue weighted by atomic mass is 10.2. The van der Waals surface area contributed by atoms with Gasteiger partial charge in [0.2, 0.25) is 0 Å². The van der Waals surface area contributed by atoms with Crippen LogP contribution in [-0.4, -0.2) is 0 Å². The van der Waals surface area contributed by atoms with E-state index in [4.69, 9.17) is 0 Å². The highest BCUT2D eigenvalue weighted by Gasteiger charge is 1.72. The zero-order valence-electron chi connectivity index (χ0n) is 6.94. The van der Waals surface area contributed by atoms with Crippen LogP contribution in [0.2, 0.25) is 0 Å². The molecule has 0 nitrogen and oxygen atoms in total. The second kappa shape index (κ2) is 4.84. The van der Waals surface area contributed by atoms with Crippen LogP contribution in [-0.2, 0) is 0 Å². The maximum atomic E-state index is 3.72. The third kappa shape index (κ3) is 5.14. The van der Waals surface area contributed by atoms with Crippen LogP contribution in [0, 0.1) is 0 Å². The van der Waals surface area contributed by atoms with E-state index in [9.17, 15) is 0 Å². The fourth-order valence-electron chi connectivity index (χ4n) is 0.399. The molecule has 0 aromatic rings. The van der Waals surface area contributed by atoms with Crippen molar-refractivity contribution in [3.8, 4) is 0 Å². The van der Waals surface area contributed by atoms with Crippen LogP contribution in [0.1, 0.15) is 20.8 Å². The van der Waals surface area contributed by atoms with Gasteiger partial charge in [0.05, 0.1) is 0 Å². The molecule has 0 fully saturated rings. The molecule has 0 aliphatic heterocycles. The highest BCUT2D eigenvalue weighted by atomic mass is 13.8. The van der Waals surface area contributed by atoms with Gasteiger partial charge in [-0.2, -0.15) is 0 Å². The molecule has 0 N–H and O–H groups in total. The fourth-order valence-corrected chi connectivity index (χ4v) is 0.399. The molecule has 0 spiro atoms. The van der Waals surface area contributed by atoms with Gasteiger partial charge in [0, 0.05) is 0 Å². The number of hydrogen-bond acceptors (Lipinski definition) is 0. The molecular formula is C10H14. The van der Waals surface area contributed by atoms with Crippen LogP contribution in [0.3, 0.4) is 0 Å². The average molecular weight is 134 g/mol. The van der Waals surface area contributed by atoms with E-state index in [2.05, 4.69) is 12.3 Å². The van der Waals surface area contributed by atoms with E-state index in [-0.39, 0.29) is 0 Å². The molecule has 0 heteroatoms. The monoisotopic (exact) mass is 134 g/mol. The Morgan fingerprint density at radius 3 is 2.30 bits per heavy atom. The Morgan fingerprint density at radius 1 is 1.30 bits per heavy atom. The molecule has 0 radical (unpaired) electrons. The molecule has 0 heterocycles. The van der Waals surface area contributed by atoms with E-state index in [1.54, 1.807) is 0 Å². The Morgan fingerprint density at radius 2 is 1.90 bits per heavy atom. The molecule has 0 rings (SSSR count). The van der Waals surface area contributed by atoms with E-state index < -0.39 is 0 Å². The largest absolute Gasteiger partial charge is 0.120 e. The van der Waals surface area contributed by atoms with E-state index >= 15 is 0 Å². The van der Waals surface area contributed by atoms with Crippen molar-refractivity contribution in [3.05, 3.63) is 41.7 Å². The van der Waals surface area contributed by atoms with Crippen LogP contribution in [0.5, 0.6) is 0 Å². The molecule has 0 aliphatic rings. The normalized spacial score (nSPS) is 10.1. The molecule has 0 saturated carbocycles. The first kappa shape index (κ1) is 9.00. The predicted molar refractivity (Wildman–Crippen MR) is 46.9 cm³/mol. The zero-order valence-corrected chi connectivity index (χ0v) is 6.94. The topological polar surface area (TPSA) is 0 Å². The number of allylic oxidation sites excluding steroid dienone is 4. The fraction of sp³-hybridized carbons (Fsp3) is 0.300. The standard InChI is InChI=1S/C10H14/c1-5-10(4)8-6-7-9(2)3/h5,7-8H,2H2,1,3-4H3. The van der Waals surface area contributed by atoms with Gasteiger partial charge in [-0.3, -0.25) is 0 Å². The Balaban J connectivity index is 4.12. The second-order valence-corrected chi connectivity index (χ2v) is 2.33. The van der Waals surface area contributed by atoms with Gasteiger partial charge in [-0.25, -0.2) is 0 Å². The van der Waals surface area contributed by atoms with Crippen molar-refractivity contribution in [1.82, 2.24) is 0 Å². The summed E-state index contributed by atoms with van der Waals surface area (Å²) in [6.45, 7) is 9.72. The molecular weight excluding hydrogens is 120 g/mol. The summed E-state index contributed by atoms with van der Waals surface area (Å²) in [6.07, 6.45) is 5.85. The summed E-state index contributed by atoms with van der Waals surface area (Å²) in [5.41, 5.74) is 5.27. The third-order valence-corrected chi connectivity index (χ3v) is 1.10. The van der Waals surface area contributed by atoms with Crippen molar-refractivity contribution in [2.24, 2.45) is 0 Å². The van der Waals surface area contributed by atoms with Gasteiger partial charge in [0.1, 0.15) is 0 Å². The summed E-state index contributed by atoms with van der Waals surface area (Å²) < 4.78 is 0. The SMILES string of the molecule is C=C(C)C=C=CC(C)=CC. The van der Waals surface area contributed by atoms with Crippen molar-refractivity contribution >= 4 is 0 Å². The Bertz CT molecular complexity index is 198. The minimum Gasteiger partial charge on any atom is -0.120 e. The molecule has 0 amide bonds. The molecule has 10 heavy (non-hydrogen) atoms. The molecule has 0 bridgehead atoms. The molecule has 0 unspecified atom stereocenters. The van der Waals surface area contributed by atoms with E-state index in [1.165, 1.54) is 5.57 Å². The molecule has 0 saturated heterocycles. The summed E-state index contributed by atoms with van der Waals surface area (Å²) in [5.74, 6) is 0. The van der Waals surface area contributed by atoms with Crippen molar-refractivity contribution in [2.45, 2.75) is 20.8 Å². The summed E-state index contributed by atoms with van der Waals surface area (Å²) >= 11 is 0. The minimum absolute atomic E-state index is 1.03. The van der Waals surface area contributed by atoms with Crippen molar-refractivity contribution in [2.75, 3.05) is 0 Å². The van der Waals surface area contributed by atoms with E-state index in [1.807, 2.05) is 39.0 Å². The van der Waals surface area contributed by atoms with Crippen LogP contribution in [0.15, 0.2) is 41.7 Å². The minimum atomic E-state index is 1.03. The van der Waals surface area contributed by atoms with Crippen molar-refractivity contribution in [1.29, 1.82) is 0 Å². The van der Waals surface area contributed by atoms with Gasteiger partial charge in [-0.15, -0.1) is 5.73 Å². The quantitative estimate of drug-likeness (QED) is 0.401. The van der Waals surface area contributed by atoms with Gasteiger partial charge in [0.25, 0.3) is 0 Å². The molecule has 54 valence electrons. The summed E-state index contributed by atoms with van der Waals surface area (Å²) in [6, 6.07) is 0. The summed E-state index contributed by atoms with van der Waals surface area (Å²) in [5, 5.41) is 0. The maximum absolute atomic E-state index is 3.72. The average Bonchev–Trinajstić information content (AvgIpc) is 1.87. The summed E-state index contributed by atoms with van der Waals surface area (Å²) in [4.78, 5) is 0. The Kier molecular flexibility index (Phi) is 4.36. The Hall–Kier alpha value is -1.00. The van der Waals surface area contributed by atoms with Crippen molar-refractivity contribution in [3.63, 3.8) is 0 Å². The molecule has 0 aromatic carbocycles. The first-order valence-electron chi connectivity index (χ1n) is 3.37. The maximum Gasteiger partial charge on any atom is -0.0174 e. The van der Waals surface area contributed by atoms with Gasteiger partial charge in [-0.05, 0) is 38.5 Å². The second-order valence-electron chi connectivity index (χ2n) is 2.33. The molecule has 0 atom stereocenters. The summed E-state index contributed by atoms with van der Waals surface area (Å²) in [7, 11) is 0. The highest BCUT2D eigenvalue weighted by Crippen LogP contribution is 1.92. The number of rotatable bonds is 2. The lowest BCUT2D eigenvalue weighted by Crippen LogP contribution is -1.61. The van der Waals surface area contributed by atoms with Crippen LogP contribution in [0.25, 0.3) is 0 Å². The van der Waals surface area contributed by atoms with Crippen LogP contribution < -0.4 is 0 Å². The van der Waals surface area contributed by atoms with Gasteiger partial charge >= 0.3 is 0 Å². The first-order chi connectivity index (χ1) is 4.66. The first-order valence-corrected chi connectivity index (χ1v) is 3.37. The molecule has 0 aromatic heterocycles.